The summed E-state index contributed by atoms with van der Waals surface area (Å²) in [6.07, 6.45) is 0.424. The maximum absolute atomic E-state index is 13.5. The van der Waals surface area contributed by atoms with Gasteiger partial charge in [-0.05, 0) is 31.0 Å². The summed E-state index contributed by atoms with van der Waals surface area (Å²) in [6.45, 7) is 3.70. The van der Waals surface area contributed by atoms with E-state index in [9.17, 15) is 9.18 Å². The SMILES string of the molecule is CCOC(=O)c1cc(C#N)c(F)c(CC)c1. The van der Waals surface area contributed by atoms with Crippen molar-refractivity contribution in [2.45, 2.75) is 20.3 Å². The lowest BCUT2D eigenvalue weighted by atomic mass is 10.0. The van der Waals surface area contributed by atoms with Gasteiger partial charge < -0.3 is 4.74 Å². The molecule has 0 fully saturated rings. The van der Waals surface area contributed by atoms with Gasteiger partial charge in [0.05, 0.1) is 17.7 Å². The van der Waals surface area contributed by atoms with Gasteiger partial charge in [0, 0.05) is 0 Å². The van der Waals surface area contributed by atoms with Crippen molar-refractivity contribution in [3.8, 4) is 6.07 Å². The van der Waals surface area contributed by atoms with Gasteiger partial charge in [-0.25, -0.2) is 9.18 Å². The summed E-state index contributed by atoms with van der Waals surface area (Å²) < 4.78 is 18.3. The van der Waals surface area contributed by atoms with Crippen molar-refractivity contribution in [2.24, 2.45) is 0 Å². The number of rotatable bonds is 3. The number of nitriles is 1. The van der Waals surface area contributed by atoms with E-state index < -0.39 is 11.8 Å². The number of halogens is 1. The molecule has 0 N–H and O–H groups in total. The number of carbonyl (C=O) groups is 1. The van der Waals surface area contributed by atoms with Gasteiger partial charge in [-0.3, -0.25) is 0 Å². The molecule has 0 radical (unpaired) electrons. The fourth-order valence-electron chi connectivity index (χ4n) is 1.36. The molecular weight excluding hydrogens is 209 g/mol. The van der Waals surface area contributed by atoms with E-state index in [1.807, 2.05) is 0 Å². The minimum absolute atomic E-state index is 0.123. The van der Waals surface area contributed by atoms with Gasteiger partial charge in [0.25, 0.3) is 0 Å². The van der Waals surface area contributed by atoms with Crippen LogP contribution in [0.3, 0.4) is 0 Å². The van der Waals surface area contributed by atoms with E-state index in [-0.39, 0.29) is 17.7 Å². The molecule has 1 aromatic rings. The van der Waals surface area contributed by atoms with Crippen LogP contribution in [0.5, 0.6) is 0 Å². The van der Waals surface area contributed by atoms with Crippen molar-refractivity contribution >= 4 is 5.97 Å². The Morgan fingerprint density at radius 1 is 1.50 bits per heavy atom. The second-order valence-electron chi connectivity index (χ2n) is 3.18. The minimum Gasteiger partial charge on any atom is -0.462 e. The van der Waals surface area contributed by atoms with Crippen LogP contribution < -0.4 is 0 Å². The molecule has 0 heterocycles. The Morgan fingerprint density at radius 2 is 2.19 bits per heavy atom. The smallest absolute Gasteiger partial charge is 0.338 e. The van der Waals surface area contributed by atoms with Crippen molar-refractivity contribution < 1.29 is 13.9 Å². The van der Waals surface area contributed by atoms with Gasteiger partial charge in [0.1, 0.15) is 11.9 Å². The average Bonchev–Trinajstić information content (AvgIpc) is 2.29. The molecule has 1 aromatic carbocycles. The number of benzene rings is 1. The van der Waals surface area contributed by atoms with Gasteiger partial charge in [0.15, 0.2) is 0 Å². The number of hydrogen-bond acceptors (Lipinski definition) is 3. The summed E-state index contributed by atoms with van der Waals surface area (Å²) >= 11 is 0. The van der Waals surface area contributed by atoms with Gasteiger partial charge in [0.2, 0.25) is 0 Å². The molecule has 0 aliphatic heterocycles. The van der Waals surface area contributed by atoms with E-state index >= 15 is 0 Å². The summed E-state index contributed by atoms with van der Waals surface area (Å²) in [5.74, 6) is -1.09. The largest absolute Gasteiger partial charge is 0.462 e. The van der Waals surface area contributed by atoms with Crippen LogP contribution in [0.25, 0.3) is 0 Å². The molecule has 0 saturated heterocycles. The van der Waals surface area contributed by atoms with Crippen molar-refractivity contribution in [3.63, 3.8) is 0 Å². The van der Waals surface area contributed by atoms with Gasteiger partial charge in [-0.1, -0.05) is 6.92 Å². The zero-order valence-corrected chi connectivity index (χ0v) is 9.21. The first kappa shape index (κ1) is 12.2. The zero-order chi connectivity index (χ0) is 12.1. The molecule has 3 nitrogen and oxygen atoms in total. The Balaban J connectivity index is 3.23. The number of esters is 1. The molecular formula is C12H12FNO2. The van der Waals surface area contributed by atoms with Crippen LogP contribution in [-0.4, -0.2) is 12.6 Å². The molecule has 0 amide bonds. The quantitative estimate of drug-likeness (QED) is 0.736. The second-order valence-corrected chi connectivity index (χ2v) is 3.18. The fraction of sp³-hybridized carbons (Fsp3) is 0.333. The monoisotopic (exact) mass is 221 g/mol. The highest BCUT2D eigenvalue weighted by Crippen LogP contribution is 2.17. The highest BCUT2D eigenvalue weighted by Gasteiger charge is 2.14. The van der Waals surface area contributed by atoms with Crippen LogP contribution in [-0.2, 0) is 11.2 Å². The number of ether oxygens (including phenoxy) is 1. The highest BCUT2D eigenvalue weighted by molar-refractivity contribution is 5.90. The van der Waals surface area contributed by atoms with Crippen LogP contribution in [0, 0.1) is 17.1 Å². The number of carbonyl (C=O) groups excluding carboxylic acids is 1. The summed E-state index contributed by atoms with van der Waals surface area (Å²) in [5, 5.41) is 8.73. The molecule has 0 unspecified atom stereocenters. The van der Waals surface area contributed by atoms with Gasteiger partial charge >= 0.3 is 5.97 Å². The third kappa shape index (κ3) is 2.37. The first-order valence-corrected chi connectivity index (χ1v) is 5.03. The van der Waals surface area contributed by atoms with Crippen LogP contribution >= 0.6 is 0 Å². The van der Waals surface area contributed by atoms with Gasteiger partial charge in [-0.15, -0.1) is 0 Å². The molecule has 0 aromatic heterocycles. The Bertz CT molecular complexity index is 449. The molecule has 0 saturated carbocycles. The maximum Gasteiger partial charge on any atom is 0.338 e. The van der Waals surface area contributed by atoms with E-state index in [0.717, 1.165) is 0 Å². The van der Waals surface area contributed by atoms with Crippen molar-refractivity contribution in [1.82, 2.24) is 0 Å². The third-order valence-electron chi connectivity index (χ3n) is 2.16. The van der Waals surface area contributed by atoms with Crippen LogP contribution in [0.2, 0.25) is 0 Å². The summed E-state index contributed by atoms with van der Waals surface area (Å²) in [7, 11) is 0. The number of aryl methyl sites for hydroxylation is 1. The Hall–Kier alpha value is -1.89. The predicted octanol–water partition coefficient (Wildman–Crippen LogP) is 2.44. The van der Waals surface area contributed by atoms with Crippen molar-refractivity contribution in [2.75, 3.05) is 6.61 Å². The lowest BCUT2D eigenvalue weighted by molar-refractivity contribution is 0.0526. The third-order valence-corrected chi connectivity index (χ3v) is 2.16. The number of hydrogen-bond donors (Lipinski definition) is 0. The topological polar surface area (TPSA) is 50.1 Å². The van der Waals surface area contributed by atoms with Crippen molar-refractivity contribution in [1.29, 1.82) is 5.26 Å². The maximum atomic E-state index is 13.5. The van der Waals surface area contributed by atoms with Crippen LogP contribution in [0.4, 0.5) is 4.39 Å². The Kier molecular flexibility index (Phi) is 4.01. The first-order chi connectivity index (χ1) is 7.63. The second kappa shape index (κ2) is 5.26. The zero-order valence-electron chi connectivity index (χ0n) is 9.21. The normalized spacial score (nSPS) is 9.62. The lowest BCUT2D eigenvalue weighted by Gasteiger charge is -2.06. The average molecular weight is 221 g/mol. The Labute approximate surface area is 93.5 Å². The van der Waals surface area contributed by atoms with Crippen LogP contribution in [0.1, 0.15) is 35.3 Å². The van der Waals surface area contributed by atoms with E-state index in [4.69, 9.17) is 10.00 Å². The fourth-order valence-corrected chi connectivity index (χ4v) is 1.36. The molecule has 4 heteroatoms. The van der Waals surface area contributed by atoms with E-state index in [1.165, 1.54) is 12.1 Å². The summed E-state index contributed by atoms with van der Waals surface area (Å²) in [6, 6.07) is 4.36. The first-order valence-electron chi connectivity index (χ1n) is 5.03. The van der Waals surface area contributed by atoms with E-state index in [0.29, 0.717) is 12.0 Å². The molecule has 0 spiro atoms. The molecule has 0 atom stereocenters. The molecule has 0 bridgehead atoms. The number of nitrogens with zero attached hydrogens (tertiary/aromatic N) is 1. The molecule has 1 rings (SSSR count). The molecule has 0 aliphatic carbocycles. The molecule has 84 valence electrons. The summed E-state index contributed by atoms with van der Waals surface area (Å²) in [5.41, 5.74) is 0.446. The lowest BCUT2D eigenvalue weighted by Crippen LogP contribution is -2.07. The van der Waals surface area contributed by atoms with Crippen LogP contribution in [0.15, 0.2) is 12.1 Å². The Morgan fingerprint density at radius 3 is 2.69 bits per heavy atom. The molecule has 0 aliphatic rings. The van der Waals surface area contributed by atoms with E-state index in [1.54, 1.807) is 19.9 Å². The van der Waals surface area contributed by atoms with Gasteiger partial charge in [-0.2, -0.15) is 5.26 Å². The highest BCUT2D eigenvalue weighted by atomic mass is 19.1. The minimum atomic E-state index is -0.557. The standard InChI is InChI=1S/C12H12FNO2/c1-3-8-5-9(12(15)16-4-2)6-10(7-14)11(8)13/h5-6H,3-4H2,1-2H3. The summed E-state index contributed by atoms with van der Waals surface area (Å²) in [4.78, 5) is 11.4. The van der Waals surface area contributed by atoms with E-state index in [2.05, 4.69) is 0 Å². The molecule has 16 heavy (non-hydrogen) atoms. The predicted molar refractivity (Wildman–Crippen MR) is 56.4 cm³/mol. The van der Waals surface area contributed by atoms with Crippen molar-refractivity contribution in [3.05, 3.63) is 34.6 Å².